The summed E-state index contributed by atoms with van der Waals surface area (Å²) in [5.41, 5.74) is 2.65. The first-order valence-electron chi connectivity index (χ1n) is 7.26. The van der Waals surface area contributed by atoms with Gasteiger partial charge in [0, 0.05) is 19.1 Å². The summed E-state index contributed by atoms with van der Waals surface area (Å²) in [5.74, 6) is 6.20. The summed E-state index contributed by atoms with van der Waals surface area (Å²) >= 11 is 0. The van der Waals surface area contributed by atoms with E-state index in [0.717, 1.165) is 25.9 Å². The fourth-order valence-electron chi connectivity index (χ4n) is 2.29. The molecular formula is C13H29N5. The summed E-state index contributed by atoms with van der Waals surface area (Å²) in [5, 5.41) is 3.35. The van der Waals surface area contributed by atoms with Gasteiger partial charge in [0.15, 0.2) is 0 Å². The molecule has 4 N–H and O–H groups in total. The molecule has 0 aromatic rings. The molecular weight excluding hydrogens is 226 g/mol. The molecule has 0 saturated carbocycles. The van der Waals surface area contributed by atoms with E-state index in [-0.39, 0.29) is 0 Å². The molecule has 0 amide bonds. The molecule has 5 heteroatoms. The minimum Gasteiger partial charge on any atom is -0.352 e. The number of unbranched alkanes of at least 4 members (excludes halogenated alkanes) is 1. The molecule has 0 radical (unpaired) electrons. The Kier molecular flexibility index (Phi) is 7.76. The number of likely N-dealkylation sites (tertiary alicyclic amines) is 1. The normalized spacial score (nSPS) is 19.6. The molecule has 1 aliphatic rings. The predicted octanol–water partition coefficient (Wildman–Crippen LogP) is 1.07. The van der Waals surface area contributed by atoms with Gasteiger partial charge in [-0.2, -0.15) is 0 Å². The number of hydrazine groups is 1. The van der Waals surface area contributed by atoms with Crippen LogP contribution in [0.1, 0.15) is 46.0 Å². The minimum atomic E-state index is 0.375. The van der Waals surface area contributed by atoms with Crippen LogP contribution in [0.2, 0.25) is 0 Å². The van der Waals surface area contributed by atoms with Crippen LogP contribution in [0.3, 0.4) is 0 Å². The Hall–Kier alpha value is -0.810. The molecule has 0 bridgehead atoms. The van der Waals surface area contributed by atoms with E-state index in [9.17, 15) is 0 Å². The number of rotatable bonds is 6. The van der Waals surface area contributed by atoms with Gasteiger partial charge < -0.3 is 10.2 Å². The van der Waals surface area contributed by atoms with Crippen molar-refractivity contribution in [3.8, 4) is 0 Å². The topological polar surface area (TPSA) is 65.7 Å². The fourth-order valence-corrected chi connectivity index (χ4v) is 2.29. The first-order chi connectivity index (χ1) is 8.76. The van der Waals surface area contributed by atoms with Crippen LogP contribution in [-0.4, -0.2) is 43.1 Å². The maximum Gasteiger partial charge on any atom is 0.205 e. The van der Waals surface area contributed by atoms with Gasteiger partial charge in [0.05, 0.1) is 0 Å². The summed E-state index contributed by atoms with van der Waals surface area (Å²) in [7, 11) is 0. The summed E-state index contributed by atoms with van der Waals surface area (Å²) < 4.78 is 0. The number of aliphatic imine (C=N–C) groups is 1. The second-order valence-corrected chi connectivity index (χ2v) is 5.13. The zero-order valence-corrected chi connectivity index (χ0v) is 11.9. The van der Waals surface area contributed by atoms with E-state index in [1.807, 2.05) is 0 Å². The summed E-state index contributed by atoms with van der Waals surface area (Å²) in [6, 6.07) is 0.375. The molecule has 0 aliphatic carbocycles. The van der Waals surface area contributed by atoms with Crippen LogP contribution in [-0.2, 0) is 0 Å². The van der Waals surface area contributed by atoms with E-state index < -0.39 is 0 Å². The van der Waals surface area contributed by atoms with E-state index in [4.69, 9.17) is 5.84 Å². The van der Waals surface area contributed by atoms with Crippen molar-refractivity contribution in [2.75, 3.05) is 26.2 Å². The van der Waals surface area contributed by atoms with Gasteiger partial charge in [-0.05, 0) is 39.3 Å². The number of nitrogens with one attached hydrogen (secondary N) is 2. The minimum absolute atomic E-state index is 0.375. The zero-order chi connectivity index (χ0) is 13.2. The number of guanidine groups is 1. The average Bonchev–Trinajstić information content (AvgIpc) is 2.39. The molecule has 0 aromatic heterocycles. The van der Waals surface area contributed by atoms with Crippen LogP contribution < -0.4 is 16.6 Å². The van der Waals surface area contributed by atoms with Crippen LogP contribution in [0.25, 0.3) is 0 Å². The monoisotopic (exact) mass is 255 g/mol. The third kappa shape index (κ3) is 6.21. The molecule has 0 aromatic carbocycles. The summed E-state index contributed by atoms with van der Waals surface area (Å²) in [6.07, 6.45) is 6.31. The zero-order valence-electron chi connectivity index (χ0n) is 11.9. The summed E-state index contributed by atoms with van der Waals surface area (Å²) in [6.45, 7) is 8.70. The predicted molar refractivity (Wildman–Crippen MR) is 77.4 cm³/mol. The van der Waals surface area contributed by atoms with Crippen LogP contribution >= 0.6 is 0 Å². The van der Waals surface area contributed by atoms with Crippen molar-refractivity contribution >= 4 is 5.96 Å². The highest BCUT2D eigenvalue weighted by molar-refractivity contribution is 5.79. The van der Waals surface area contributed by atoms with Gasteiger partial charge in [-0.3, -0.25) is 10.4 Å². The molecule has 1 atom stereocenters. The highest BCUT2D eigenvalue weighted by atomic mass is 15.3. The first kappa shape index (κ1) is 15.2. The van der Waals surface area contributed by atoms with Crippen LogP contribution in [0, 0.1) is 0 Å². The maximum atomic E-state index is 5.48. The Bertz CT molecular complexity index is 236. The molecule has 0 spiro atoms. The largest absolute Gasteiger partial charge is 0.352 e. The van der Waals surface area contributed by atoms with E-state index in [2.05, 4.69) is 34.5 Å². The lowest BCUT2D eigenvalue weighted by atomic mass is 10.1. The number of hydrogen-bond acceptors (Lipinski definition) is 3. The summed E-state index contributed by atoms with van der Waals surface area (Å²) in [4.78, 5) is 6.93. The van der Waals surface area contributed by atoms with Gasteiger partial charge in [-0.15, -0.1) is 0 Å². The quantitative estimate of drug-likeness (QED) is 0.218. The van der Waals surface area contributed by atoms with Crippen molar-refractivity contribution < 1.29 is 0 Å². The van der Waals surface area contributed by atoms with Gasteiger partial charge in [-0.25, -0.2) is 5.84 Å². The van der Waals surface area contributed by atoms with E-state index in [1.165, 1.54) is 32.4 Å². The Morgan fingerprint density at radius 1 is 1.33 bits per heavy atom. The van der Waals surface area contributed by atoms with Crippen LogP contribution in [0.15, 0.2) is 4.99 Å². The van der Waals surface area contributed by atoms with Gasteiger partial charge in [0.1, 0.15) is 0 Å². The van der Waals surface area contributed by atoms with Crippen molar-refractivity contribution in [3.63, 3.8) is 0 Å². The number of nitrogens with zero attached hydrogens (tertiary/aromatic N) is 2. The third-order valence-electron chi connectivity index (χ3n) is 3.28. The van der Waals surface area contributed by atoms with Gasteiger partial charge in [-0.1, -0.05) is 19.8 Å². The van der Waals surface area contributed by atoms with Crippen molar-refractivity contribution in [1.29, 1.82) is 0 Å². The number of piperidine rings is 1. The fraction of sp³-hybridized carbons (Fsp3) is 0.923. The molecule has 1 unspecified atom stereocenters. The average molecular weight is 255 g/mol. The van der Waals surface area contributed by atoms with Gasteiger partial charge in [0.25, 0.3) is 0 Å². The molecule has 1 fully saturated rings. The first-order valence-corrected chi connectivity index (χ1v) is 7.26. The maximum absolute atomic E-state index is 5.48. The van der Waals surface area contributed by atoms with Crippen molar-refractivity contribution in [2.45, 2.75) is 52.0 Å². The van der Waals surface area contributed by atoms with E-state index in [1.54, 1.807) is 0 Å². The lowest BCUT2D eigenvalue weighted by Crippen LogP contribution is -2.49. The molecule has 18 heavy (non-hydrogen) atoms. The standard InChI is InChI=1S/C13H29N5/c1-3-4-8-15-13(17-14)16-12(2)11-18-9-6-5-7-10-18/h12H,3-11,14H2,1-2H3,(H2,15,16,17). The molecule has 106 valence electrons. The Morgan fingerprint density at radius 2 is 2.06 bits per heavy atom. The van der Waals surface area contributed by atoms with Crippen molar-refractivity contribution in [2.24, 2.45) is 10.8 Å². The Labute approximate surface area is 111 Å². The highest BCUT2D eigenvalue weighted by Gasteiger charge is 2.13. The smallest absolute Gasteiger partial charge is 0.205 e. The van der Waals surface area contributed by atoms with Crippen molar-refractivity contribution in [1.82, 2.24) is 15.6 Å². The second-order valence-electron chi connectivity index (χ2n) is 5.13. The van der Waals surface area contributed by atoms with Crippen LogP contribution in [0.5, 0.6) is 0 Å². The van der Waals surface area contributed by atoms with E-state index >= 15 is 0 Å². The molecule has 1 heterocycles. The highest BCUT2D eigenvalue weighted by Crippen LogP contribution is 2.08. The van der Waals surface area contributed by atoms with Crippen molar-refractivity contribution in [3.05, 3.63) is 0 Å². The third-order valence-corrected chi connectivity index (χ3v) is 3.28. The molecule has 1 rings (SSSR count). The van der Waals surface area contributed by atoms with Gasteiger partial charge >= 0.3 is 0 Å². The van der Waals surface area contributed by atoms with Gasteiger partial charge in [0.2, 0.25) is 5.96 Å². The SMILES string of the molecule is CCCCN=C(NN)NC(C)CN1CCCCC1. The Morgan fingerprint density at radius 3 is 2.67 bits per heavy atom. The lowest BCUT2D eigenvalue weighted by molar-refractivity contribution is 0.214. The van der Waals surface area contributed by atoms with E-state index in [0.29, 0.717) is 12.0 Å². The Balaban J connectivity index is 2.27. The number of hydrogen-bond donors (Lipinski definition) is 3. The molecule has 1 aliphatic heterocycles. The lowest BCUT2D eigenvalue weighted by Gasteiger charge is -2.29. The van der Waals surface area contributed by atoms with Crippen LogP contribution in [0.4, 0.5) is 0 Å². The second kappa shape index (κ2) is 9.16. The number of nitrogens with two attached hydrogens (primary N) is 1. The molecule has 1 saturated heterocycles. The molecule has 5 nitrogen and oxygen atoms in total.